The van der Waals surface area contributed by atoms with Crippen molar-refractivity contribution in [3.05, 3.63) is 87.4 Å². The van der Waals surface area contributed by atoms with Crippen molar-refractivity contribution >= 4 is 49.1 Å². The molecule has 4 rings (SSSR count). The highest BCUT2D eigenvalue weighted by Crippen LogP contribution is 2.31. The van der Waals surface area contributed by atoms with Gasteiger partial charge in [-0.05, 0) is 53.9 Å². The molecule has 0 spiro atoms. The number of amides is 1. The van der Waals surface area contributed by atoms with Crippen molar-refractivity contribution < 1.29 is 17.9 Å². The summed E-state index contributed by atoms with van der Waals surface area (Å²) in [4.78, 5) is 12.2. The van der Waals surface area contributed by atoms with Crippen LogP contribution >= 0.6 is 27.5 Å². The molecule has 3 aromatic rings. The zero-order valence-electron chi connectivity index (χ0n) is 16.9. The predicted octanol–water partition coefficient (Wildman–Crippen LogP) is 4.87. The molecule has 0 fully saturated rings. The molecule has 166 valence electrons. The highest BCUT2D eigenvalue weighted by Gasteiger charge is 2.28. The Morgan fingerprint density at radius 1 is 1.06 bits per heavy atom. The first-order valence-corrected chi connectivity index (χ1v) is 12.5. The van der Waals surface area contributed by atoms with Gasteiger partial charge in [-0.25, -0.2) is 8.42 Å². The van der Waals surface area contributed by atoms with Crippen LogP contribution in [0.5, 0.6) is 5.75 Å². The lowest BCUT2D eigenvalue weighted by molar-refractivity contribution is -0.118. The van der Waals surface area contributed by atoms with Crippen molar-refractivity contribution in [2.75, 3.05) is 18.5 Å². The molecule has 0 aliphatic carbocycles. The number of ether oxygens (including phenoxy) is 1. The molecule has 1 aliphatic heterocycles. The summed E-state index contributed by atoms with van der Waals surface area (Å²) < 4.78 is 34.0. The molecule has 1 amide bonds. The Kier molecular flexibility index (Phi) is 6.85. The van der Waals surface area contributed by atoms with Gasteiger partial charge in [0.25, 0.3) is 5.91 Å². The van der Waals surface area contributed by atoms with Crippen LogP contribution in [-0.4, -0.2) is 31.8 Å². The zero-order chi connectivity index (χ0) is 22.7. The number of rotatable bonds is 6. The van der Waals surface area contributed by atoms with E-state index in [0.29, 0.717) is 25.2 Å². The molecule has 1 N–H and O–H groups in total. The topological polar surface area (TPSA) is 75.7 Å². The molecule has 6 nitrogen and oxygen atoms in total. The molecule has 3 aromatic carbocycles. The Hall–Kier alpha value is -2.39. The van der Waals surface area contributed by atoms with Crippen LogP contribution in [0.25, 0.3) is 0 Å². The summed E-state index contributed by atoms with van der Waals surface area (Å²) in [5.41, 5.74) is 2.80. The van der Waals surface area contributed by atoms with Crippen LogP contribution in [0.4, 0.5) is 5.69 Å². The predicted molar refractivity (Wildman–Crippen MR) is 127 cm³/mol. The van der Waals surface area contributed by atoms with Crippen LogP contribution in [0.1, 0.15) is 11.1 Å². The molecule has 9 heteroatoms. The molecule has 1 heterocycles. The SMILES string of the molecule is O=C(COc1ccc(S(=O)(=O)N2CCc3ccccc3C2)cc1Cl)Nc1cccc(Br)c1. The Bertz CT molecular complexity index is 1270. The maximum absolute atomic E-state index is 13.1. The van der Waals surface area contributed by atoms with Crippen LogP contribution in [0.15, 0.2) is 76.1 Å². The number of anilines is 1. The molecule has 32 heavy (non-hydrogen) atoms. The Morgan fingerprint density at radius 2 is 1.84 bits per heavy atom. The minimum absolute atomic E-state index is 0.0906. The fourth-order valence-corrected chi connectivity index (χ4v) is 5.63. The fraction of sp³-hybridized carbons (Fsp3) is 0.174. The molecule has 0 saturated carbocycles. The van der Waals surface area contributed by atoms with Gasteiger partial charge in [0.2, 0.25) is 10.0 Å². The van der Waals surface area contributed by atoms with Crippen molar-refractivity contribution in [3.63, 3.8) is 0 Å². The van der Waals surface area contributed by atoms with Crippen molar-refractivity contribution in [1.29, 1.82) is 0 Å². The van der Waals surface area contributed by atoms with Crippen LogP contribution in [-0.2, 0) is 27.8 Å². The van der Waals surface area contributed by atoms with Gasteiger partial charge in [-0.1, -0.05) is 57.9 Å². The van der Waals surface area contributed by atoms with Gasteiger partial charge in [-0.3, -0.25) is 4.79 Å². The maximum Gasteiger partial charge on any atom is 0.262 e. The second kappa shape index (κ2) is 9.62. The third-order valence-corrected chi connectivity index (χ3v) is 7.73. The molecule has 0 unspecified atom stereocenters. The summed E-state index contributed by atoms with van der Waals surface area (Å²) in [5, 5.41) is 2.84. The van der Waals surface area contributed by atoms with E-state index in [4.69, 9.17) is 16.3 Å². The minimum Gasteiger partial charge on any atom is -0.482 e. The van der Waals surface area contributed by atoms with E-state index in [9.17, 15) is 13.2 Å². The largest absolute Gasteiger partial charge is 0.482 e. The average molecular weight is 536 g/mol. The third kappa shape index (κ3) is 5.15. The number of hydrogen-bond acceptors (Lipinski definition) is 4. The molecule has 0 bridgehead atoms. The monoisotopic (exact) mass is 534 g/mol. The van der Waals surface area contributed by atoms with E-state index in [1.807, 2.05) is 30.3 Å². The van der Waals surface area contributed by atoms with Gasteiger partial charge < -0.3 is 10.1 Å². The summed E-state index contributed by atoms with van der Waals surface area (Å²) in [6.07, 6.45) is 0.664. The number of nitrogens with one attached hydrogen (secondary N) is 1. The highest BCUT2D eigenvalue weighted by molar-refractivity contribution is 9.10. The number of nitrogens with zero attached hydrogens (tertiary/aromatic N) is 1. The standard InChI is InChI=1S/C23H20BrClN2O4S/c24-18-6-3-7-19(12-18)26-23(28)15-31-22-9-8-20(13-21(22)25)32(29,30)27-11-10-16-4-1-2-5-17(16)14-27/h1-9,12-13H,10-11,14-15H2,(H,26,28). The first kappa shape index (κ1) is 22.8. The third-order valence-electron chi connectivity index (χ3n) is 5.10. The Balaban J connectivity index is 1.42. The Morgan fingerprint density at radius 3 is 2.59 bits per heavy atom. The van der Waals surface area contributed by atoms with Crippen molar-refractivity contribution in [1.82, 2.24) is 4.31 Å². The normalized spacial score (nSPS) is 13.9. The molecule has 1 aliphatic rings. The summed E-state index contributed by atoms with van der Waals surface area (Å²) in [6.45, 7) is 0.469. The molecule has 0 radical (unpaired) electrons. The summed E-state index contributed by atoms with van der Waals surface area (Å²) in [7, 11) is -3.71. The molecular formula is C23H20BrClN2O4S. The summed E-state index contributed by atoms with van der Waals surface area (Å²) >= 11 is 9.62. The molecule has 0 saturated heterocycles. The van der Waals surface area contributed by atoms with E-state index in [1.165, 1.54) is 28.1 Å². The average Bonchev–Trinajstić information content (AvgIpc) is 2.78. The van der Waals surface area contributed by atoms with Crippen LogP contribution in [0.2, 0.25) is 5.02 Å². The number of carbonyl (C=O) groups is 1. The van der Waals surface area contributed by atoms with E-state index >= 15 is 0 Å². The summed E-state index contributed by atoms with van der Waals surface area (Å²) in [5.74, 6) is -0.123. The number of halogens is 2. The first-order chi connectivity index (χ1) is 15.3. The molecule has 0 aromatic heterocycles. The fourth-order valence-electron chi connectivity index (χ4n) is 3.49. The highest BCUT2D eigenvalue weighted by atomic mass is 79.9. The minimum atomic E-state index is -3.71. The van der Waals surface area contributed by atoms with E-state index in [1.54, 1.807) is 18.2 Å². The molecule has 0 atom stereocenters. The number of sulfonamides is 1. The summed E-state index contributed by atoms with van der Waals surface area (Å²) in [6, 6.07) is 19.3. The van der Waals surface area contributed by atoms with Gasteiger partial charge in [0.1, 0.15) is 5.75 Å². The van der Waals surface area contributed by atoms with E-state index < -0.39 is 10.0 Å². The van der Waals surface area contributed by atoms with Gasteiger partial charge in [-0.2, -0.15) is 4.31 Å². The van der Waals surface area contributed by atoms with E-state index in [-0.39, 0.29) is 28.2 Å². The van der Waals surface area contributed by atoms with Gasteiger partial charge in [0.05, 0.1) is 9.92 Å². The van der Waals surface area contributed by atoms with Crippen LogP contribution in [0.3, 0.4) is 0 Å². The number of fused-ring (bicyclic) bond motifs is 1. The Labute approximate surface area is 200 Å². The lowest BCUT2D eigenvalue weighted by Crippen LogP contribution is -2.35. The van der Waals surface area contributed by atoms with Crippen LogP contribution < -0.4 is 10.1 Å². The quantitative estimate of drug-likeness (QED) is 0.489. The maximum atomic E-state index is 13.1. The van der Waals surface area contributed by atoms with Crippen molar-refractivity contribution in [2.24, 2.45) is 0 Å². The second-order valence-electron chi connectivity index (χ2n) is 7.30. The van der Waals surface area contributed by atoms with Gasteiger partial charge >= 0.3 is 0 Å². The van der Waals surface area contributed by atoms with Crippen LogP contribution in [0, 0.1) is 0 Å². The number of benzene rings is 3. The number of carbonyl (C=O) groups excluding carboxylic acids is 1. The van der Waals surface area contributed by atoms with E-state index in [0.717, 1.165) is 10.0 Å². The van der Waals surface area contributed by atoms with Gasteiger partial charge in [0.15, 0.2) is 6.61 Å². The lowest BCUT2D eigenvalue weighted by atomic mass is 10.0. The second-order valence-corrected chi connectivity index (χ2v) is 10.6. The lowest BCUT2D eigenvalue weighted by Gasteiger charge is -2.28. The zero-order valence-corrected chi connectivity index (χ0v) is 20.1. The van der Waals surface area contributed by atoms with Crippen molar-refractivity contribution in [3.8, 4) is 5.75 Å². The van der Waals surface area contributed by atoms with E-state index in [2.05, 4.69) is 21.2 Å². The smallest absolute Gasteiger partial charge is 0.262 e. The van der Waals surface area contributed by atoms with Crippen molar-refractivity contribution in [2.45, 2.75) is 17.9 Å². The first-order valence-electron chi connectivity index (χ1n) is 9.87. The van der Waals surface area contributed by atoms with Gasteiger partial charge in [-0.15, -0.1) is 0 Å². The number of hydrogen-bond donors (Lipinski definition) is 1. The van der Waals surface area contributed by atoms with Gasteiger partial charge in [0, 0.05) is 23.2 Å². The molecular weight excluding hydrogens is 516 g/mol.